The van der Waals surface area contributed by atoms with Crippen molar-refractivity contribution in [2.45, 2.75) is 71.0 Å². The lowest BCUT2D eigenvalue weighted by molar-refractivity contribution is -0.141. The number of carbonyl (C=O) groups is 2. The van der Waals surface area contributed by atoms with Crippen molar-refractivity contribution >= 4 is 39.1 Å². The number of carbonyl (C=O) groups excluding carboxylic acids is 2. The highest BCUT2D eigenvalue weighted by Crippen LogP contribution is 2.27. The zero-order valence-corrected chi connectivity index (χ0v) is 23.1. The van der Waals surface area contributed by atoms with Crippen molar-refractivity contribution in [3.63, 3.8) is 0 Å². The van der Waals surface area contributed by atoms with Gasteiger partial charge in [0.25, 0.3) is 0 Å². The summed E-state index contributed by atoms with van der Waals surface area (Å²) in [6.07, 6.45) is 5.39. The summed E-state index contributed by atoms with van der Waals surface area (Å²) in [4.78, 5) is 27.8. The first kappa shape index (κ1) is 28.9. The van der Waals surface area contributed by atoms with Gasteiger partial charge in [-0.3, -0.25) is 13.9 Å². The van der Waals surface area contributed by atoms with E-state index < -0.39 is 16.1 Å². The zero-order chi connectivity index (χ0) is 27.2. The number of halogens is 2. The molecule has 2 aromatic carbocycles. The highest BCUT2D eigenvalue weighted by Gasteiger charge is 2.29. The van der Waals surface area contributed by atoms with Crippen LogP contribution in [-0.4, -0.2) is 50.0 Å². The van der Waals surface area contributed by atoms with Crippen molar-refractivity contribution in [3.05, 3.63) is 64.4 Å². The van der Waals surface area contributed by atoms with Gasteiger partial charge in [-0.1, -0.05) is 42.6 Å². The average Bonchev–Trinajstić information content (AvgIpc) is 3.35. The lowest BCUT2D eigenvalue weighted by Gasteiger charge is -2.30. The van der Waals surface area contributed by atoms with Crippen molar-refractivity contribution in [2.75, 3.05) is 17.1 Å². The first-order valence-corrected chi connectivity index (χ1v) is 14.8. The normalized spacial score (nSPS) is 14.8. The van der Waals surface area contributed by atoms with E-state index >= 15 is 0 Å². The molecule has 1 aliphatic carbocycles. The van der Waals surface area contributed by atoms with Crippen LogP contribution in [0.25, 0.3) is 0 Å². The van der Waals surface area contributed by atoms with Crippen LogP contribution in [0.3, 0.4) is 0 Å². The van der Waals surface area contributed by atoms with Gasteiger partial charge in [0.05, 0.1) is 11.9 Å². The summed E-state index contributed by atoms with van der Waals surface area (Å²) in [5, 5.41) is 3.46. The molecule has 0 unspecified atom stereocenters. The van der Waals surface area contributed by atoms with Crippen molar-refractivity contribution in [1.29, 1.82) is 0 Å². The van der Waals surface area contributed by atoms with E-state index in [1.807, 2.05) is 0 Å². The highest BCUT2D eigenvalue weighted by atomic mass is 35.5. The van der Waals surface area contributed by atoms with Crippen molar-refractivity contribution in [2.24, 2.45) is 0 Å². The van der Waals surface area contributed by atoms with Crippen LogP contribution < -0.4 is 9.62 Å². The predicted octanol–water partition coefficient (Wildman–Crippen LogP) is 4.81. The molecular weight excluding hydrogens is 517 g/mol. The Morgan fingerprint density at radius 3 is 2.41 bits per heavy atom. The quantitative estimate of drug-likeness (QED) is 0.434. The minimum absolute atomic E-state index is 0.0356. The summed E-state index contributed by atoms with van der Waals surface area (Å²) >= 11 is 6.11. The Balaban J connectivity index is 1.73. The molecule has 0 bridgehead atoms. The third-order valence-corrected chi connectivity index (χ3v) is 8.14. The molecule has 3 rings (SSSR count). The smallest absolute Gasteiger partial charge is 0.242 e. The first-order chi connectivity index (χ1) is 17.5. The standard InChI is InChI=1S/C27H35ClFN3O4S/c1-19-10-13-22(28)17-25(19)32(37(3,35)36)16-6-9-26(33)31(18-21-11-14-23(29)15-12-21)20(2)27(34)30-24-7-4-5-8-24/h10-15,17,20,24H,4-9,16,18H2,1-3H3,(H,30,34)/t20-/m1/s1. The molecule has 0 aliphatic heterocycles. The van der Waals surface area contributed by atoms with Gasteiger partial charge in [0.15, 0.2) is 0 Å². The molecule has 10 heteroatoms. The lowest BCUT2D eigenvalue weighted by atomic mass is 10.1. The molecule has 2 amide bonds. The molecule has 0 radical (unpaired) electrons. The molecule has 1 N–H and O–H groups in total. The summed E-state index contributed by atoms with van der Waals surface area (Å²) < 4.78 is 39.8. The van der Waals surface area contributed by atoms with Crippen LogP contribution in [0.5, 0.6) is 0 Å². The molecule has 0 aromatic heterocycles. The maximum Gasteiger partial charge on any atom is 0.242 e. The number of sulfonamides is 1. The van der Waals surface area contributed by atoms with Crippen LogP contribution in [0.1, 0.15) is 56.6 Å². The molecule has 0 spiro atoms. The largest absolute Gasteiger partial charge is 0.352 e. The first-order valence-electron chi connectivity index (χ1n) is 12.5. The number of nitrogens with one attached hydrogen (secondary N) is 1. The van der Waals surface area contributed by atoms with Crippen molar-refractivity contribution in [1.82, 2.24) is 10.2 Å². The third-order valence-electron chi connectivity index (χ3n) is 6.73. The predicted molar refractivity (Wildman–Crippen MR) is 144 cm³/mol. The fourth-order valence-corrected chi connectivity index (χ4v) is 5.78. The fraction of sp³-hybridized carbons (Fsp3) is 0.481. The second-order valence-corrected chi connectivity index (χ2v) is 12.0. The molecule has 202 valence electrons. The Labute approximate surface area is 224 Å². The molecule has 1 fully saturated rings. The monoisotopic (exact) mass is 551 g/mol. The molecule has 2 aromatic rings. The van der Waals surface area contributed by atoms with E-state index in [-0.39, 0.29) is 49.6 Å². The summed E-state index contributed by atoms with van der Waals surface area (Å²) in [6, 6.07) is 10.2. The van der Waals surface area contributed by atoms with Gasteiger partial charge in [-0.25, -0.2) is 12.8 Å². The highest BCUT2D eigenvalue weighted by molar-refractivity contribution is 7.92. The number of hydrogen-bond donors (Lipinski definition) is 1. The Kier molecular flexibility index (Phi) is 9.95. The van der Waals surface area contributed by atoms with Crippen LogP contribution in [0, 0.1) is 12.7 Å². The SMILES string of the molecule is Cc1ccc(Cl)cc1N(CCCC(=O)N(Cc1ccc(F)cc1)[C@H](C)C(=O)NC1CCCC1)S(C)(=O)=O. The summed E-state index contributed by atoms with van der Waals surface area (Å²) in [6.45, 7) is 3.70. The van der Waals surface area contributed by atoms with Gasteiger partial charge in [-0.05, 0) is 68.5 Å². The van der Waals surface area contributed by atoms with Gasteiger partial charge in [-0.2, -0.15) is 0 Å². The van der Waals surface area contributed by atoms with Crippen LogP contribution in [0.15, 0.2) is 42.5 Å². The Morgan fingerprint density at radius 1 is 1.14 bits per heavy atom. The lowest BCUT2D eigenvalue weighted by Crippen LogP contribution is -2.49. The maximum atomic E-state index is 13.4. The Morgan fingerprint density at radius 2 is 1.78 bits per heavy atom. The van der Waals surface area contributed by atoms with Crippen LogP contribution >= 0.6 is 11.6 Å². The van der Waals surface area contributed by atoms with Gasteiger partial charge in [0.2, 0.25) is 21.8 Å². The minimum Gasteiger partial charge on any atom is -0.352 e. The van der Waals surface area contributed by atoms with Crippen LogP contribution in [-0.2, 0) is 26.2 Å². The van der Waals surface area contributed by atoms with E-state index in [0.717, 1.165) is 37.5 Å². The van der Waals surface area contributed by atoms with E-state index in [9.17, 15) is 22.4 Å². The second-order valence-electron chi connectivity index (χ2n) is 9.68. The van der Waals surface area contributed by atoms with Crippen LogP contribution in [0.4, 0.5) is 10.1 Å². The Hall–Kier alpha value is -2.65. The van der Waals surface area contributed by atoms with Crippen molar-refractivity contribution in [3.8, 4) is 0 Å². The van der Waals surface area contributed by atoms with E-state index in [1.54, 1.807) is 44.2 Å². The van der Waals surface area contributed by atoms with E-state index in [4.69, 9.17) is 11.6 Å². The number of amides is 2. The molecule has 0 saturated heterocycles. The maximum absolute atomic E-state index is 13.4. The molecular formula is C27H35ClFN3O4S. The molecule has 7 nitrogen and oxygen atoms in total. The fourth-order valence-electron chi connectivity index (χ4n) is 4.59. The summed E-state index contributed by atoms with van der Waals surface area (Å²) in [5.74, 6) is -0.893. The average molecular weight is 552 g/mol. The number of benzene rings is 2. The number of rotatable bonds is 11. The van der Waals surface area contributed by atoms with Crippen molar-refractivity contribution < 1.29 is 22.4 Å². The summed E-state index contributed by atoms with van der Waals surface area (Å²) in [5.41, 5.74) is 1.91. The van der Waals surface area contributed by atoms with E-state index in [2.05, 4.69) is 5.32 Å². The molecule has 1 aliphatic rings. The van der Waals surface area contributed by atoms with Gasteiger partial charge < -0.3 is 10.2 Å². The van der Waals surface area contributed by atoms with Gasteiger partial charge in [0, 0.05) is 30.6 Å². The van der Waals surface area contributed by atoms with E-state index in [0.29, 0.717) is 16.3 Å². The number of nitrogens with zero attached hydrogens (tertiary/aromatic N) is 2. The topological polar surface area (TPSA) is 86.8 Å². The number of hydrogen-bond acceptors (Lipinski definition) is 4. The third kappa shape index (κ3) is 8.17. The number of anilines is 1. The molecule has 0 heterocycles. The zero-order valence-electron chi connectivity index (χ0n) is 21.5. The van der Waals surface area contributed by atoms with Gasteiger partial charge in [0.1, 0.15) is 11.9 Å². The minimum atomic E-state index is -3.62. The summed E-state index contributed by atoms with van der Waals surface area (Å²) in [7, 11) is -3.62. The van der Waals surface area contributed by atoms with Crippen LogP contribution in [0.2, 0.25) is 5.02 Å². The molecule has 37 heavy (non-hydrogen) atoms. The van der Waals surface area contributed by atoms with Gasteiger partial charge in [-0.15, -0.1) is 0 Å². The Bertz CT molecular complexity index is 1200. The second kappa shape index (κ2) is 12.7. The van der Waals surface area contributed by atoms with Gasteiger partial charge >= 0.3 is 0 Å². The number of aryl methyl sites for hydroxylation is 1. The molecule has 1 saturated carbocycles. The molecule has 1 atom stereocenters. The van der Waals surface area contributed by atoms with E-state index in [1.165, 1.54) is 21.3 Å².